The SMILES string of the molecule is COC(=O)C1CN(C(=O)CCc2cccnc2)CC1C. The van der Waals surface area contributed by atoms with Crippen LogP contribution in [0.25, 0.3) is 0 Å². The average Bonchev–Trinajstić information content (AvgIpc) is 2.87. The van der Waals surface area contributed by atoms with Gasteiger partial charge in [-0.05, 0) is 24.0 Å². The van der Waals surface area contributed by atoms with E-state index < -0.39 is 0 Å². The Morgan fingerprint density at radius 1 is 1.45 bits per heavy atom. The van der Waals surface area contributed by atoms with Crippen LogP contribution in [0.3, 0.4) is 0 Å². The number of amides is 1. The number of rotatable bonds is 4. The molecule has 1 aliphatic heterocycles. The molecule has 1 saturated heterocycles. The molecule has 5 nitrogen and oxygen atoms in total. The number of carbonyl (C=O) groups excluding carboxylic acids is 2. The van der Waals surface area contributed by atoms with Crippen LogP contribution in [0.4, 0.5) is 0 Å². The van der Waals surface area contributed by atoms with E-state index in [9.17, 15) is 9.59 Å². The summed E-state index contributed by atoms with van der Waals surface area (Å²) in [5.74, 6) is -0.167. The third kappa shape index (κ3) is 3.35. The first-order chi connectivity index (χ1) is 9.61. The van der Waals surface area contributed by atoms with Crippen LogP contribution in [0, 0.1) is 11.8 Å². The van der Waals surface area contributed by atoms with Gasteiger partial charge in [-0.1, -0.05) is 13.0 Å². The molecule has 1 aromatic rings. The van der Waals surface area contributed by atoms with Crippen LogP contribution in [-0.4, -0.2) is 42.0 Å². The largest absolute Gasteiger partial charge is 0.469 e. The van der Waals surface area contributed by atoms with Gasteiger partial charge >= 0.3 is 5.97 Å². The van der Waals surface area contributed by atoms with E-state index in [4.69, 9.17) is 4.74 Å². The number of nitrogens with zero attached hydrogens (tertiary/aromatic N) is 2. The predicted octanol–water partition coefficient (Wildman–Crippen LogP) is 1.28. The van der Waals surface area contributed by atoms with Gasteiger partial charge in [-0.25, -0.2) is 0 Å². The normalized spacial score (nSPS) is 21.8. The molecule has 2 unspecified atom stereocenters. The predicted molar refractivity (Wildman–Crippen MR) is 73.8 cm³/mol. The zero-order valence-electron chi connectivity index (χ0n) is 11.9. The zero-order valence-corrected chi connectivity index (χ0v) is 11.9. The third-order valence-corrected chi connectivity index (χ3v) is 3.82. The molecule has 20 heavy (non-hydrogen) atoms. The Hall–Kier alpha value is -1.91. The Kier molecular flexibility index (Phi) is 4.71. The molecule has 0 N–H and O–H groups in total. The smallest absolute Gasteiger partial charge is 0.310 e. The topological polar surface area (TPSA) is 59.5 Å². The second-order valence-corrected chi connectivity index (χ2v) is 5.27. The van der Waals surface area contributed by atoms with Crippen molar-refractivity contribution in [3.8, 4) is 0 Å². The fourth-order valence-electron chi connectivity index (χ4n) is 2.58. The van der Waals surface area contributed by atoms with Crippen molar-refractivity contribution in [2.45, 2.75) is 19.8 Å². The van der Waals surface area contributed by atoms with E-state index in [1.165, 1.54) is 7.11 Å². The Labute approximate surface area is 118 Å². The monoisotopic (exact) mass is 276 g/mol. The number of methoxy groups -OCH3 is 1. The fraction of sp³-hybridized carbons (Fsp3) is 0.533. The quantitative estimate of drug-likeness (QED) is 0.777. The first kappa shape index (κ1) is 14.5. The molecule has 0 radical (unpaired) electrons. The number of aryl methyl sites for hydroxylation is 1. The molecule has 0 spiro atoms. The van der Waals surface area contributed by atoms with Gasteiger partial charge in [0, 0.05) is 31.9 Å². The van der Waals surface area contributed by atoms with Crippen molar-refractivity contribution >= 4 is 11.9 Å². The Bertz CT molecular complexity index is 475. The lowest BCUT2D eigenvalue weighted by Gasteiger charge is -2.15. The minimum atomic E-state index is -0.222. The molecule has 2 heterocycles. The second-order valence-electron chi connectivity index (χ2n) is 5.27. The van der Waals surface area contributed by atoms with Crippen LogP contribution in [-0.2, 0) is 20.7 Å². The maximum atomic E-state index is 12.2. The van der Waals surface area contributed by atoms with E-state index in [0.29, 0.717) is 25.9 Å². The summed E-state index contributed by atoms with van der Waals surface area (Å²) in [6.07, 6.45) is 4.62. The number of hydrogen-bond donors (Lipinski definition) is 0. The van der Waals surface area contributed by atoms with Crippen LogP contribution in [0.15, 0.2) is 24.5 Å². The third-order valence-electron chi connectivity index (χ3n) is 3.82. The second kappa shape index (κ2) is 6.50. The van der Waals surface area contributed by atoms with Crippen molar-refractivity contribution in [3.63, 3.8) is 0 Å². The molecule has 0 aromatic carbocycles. The zero-order chi connectivity index (χ0) is 14.5. The Morgan fingerprint density at radius 2 is 2.25 bits per heavy atom. The summed E-state index contributed by atoms with van der Waals surface area (Å²) in [5.41, 5.74) is 1.05. The summed E-state index contributed by atoms with van der Waals surface area (Å²) < 4.78 is 4.78. The highest BCUT2D eigenvalue weighted by atomic mass is 16.5. The van der Waals surface area contributed by atoms with Crippen molar-refractivity contribution in [2.24, 2.45) is 11.8 Å². The molecular formula is C15H20N2O3. The van der Waals surface area contributed by atoms with Crippen LogP contribution in [0.2, 0.25) is 0 Å². The first-order valence-corrected chi connectivity index (χ1v) is 6.86. The molecule has 1 amide bonds. The molecule has 0 bridgehead atoms. The number of carbonyl (C=O) groups is 2. The van der Waals surface area contributed by atoms with Gasteiger partial charge in [0.1, 0.15) is 0 Å². The number of pyridine rings is 1. The van der Waals surface area contributed by atoms with Gasteiger partial charge in [0.2, 0.25) is 5.91 Å². The summed E-state index contributed by atoms with van der Waals surface area (Å²) in [6, 6.07) is 3.83. The lowest BCUT2D eigenvalue weighted by atomic mass is 9.99. The highest BCUT2D eigenvalue weighted by molar-refractivity contribution is 5.79. The molecule has 5 heteroatoms. The van der Waals surface area contributed by atoms with Gasteiger partial charge in [-0.3, -0.25) is 14.6 Å². The van der Waals surface area contributed by atoms with Gasteiger partial charge in [0.25, 0.3) is 0 Å². The minimum Gasteiger partial charge on any atom is -0.469 e. The van der Waals surface area contributed by atoms with Crippen molar-refractivity contribution in [3.05, 3.63) is 30.1 Å². The minimum absolute atomic E-state index is 0.0899. The van der Waals surface area contributed by atoms with Crippen LogP contribution < -0.4 is 0 Å². The van der Waals surface area contributed by atoms with Crippen LogP contribution in [0.1, 0.15) is 18.9 Å². The summed E-state index contributed by atoms with van der Waals surface area (Å²) >= 11 is 0. The maximum Gasteiger partial charge on any atom is 0.310 e. The van der Waals surface area contributed by atoms with Crippen molar-refractivity contribution in [2.75, 3.05) is 20.2 Å². The standard InChI is InChI=1S/C15H20N2O3/c1-11-9-17(10-13(11)15(19)20-2)14(18)6-5-12-4-3-7-16-8-12/h3-4,7-8,11,13H,5-6,9-10H2,1-2H3. The van der Waals surface area contributed by atoms with Gasteiger partial charge < -0.3 is 9.64 Å². The summed E-state index contributed by atoms with van der Waals surface area (Å²) in [6.45, 7) is 3.08. The van der Waals surface area contributed by atoms with E-state index in [-0.39, 0.29) is 23.7 Å². The number of aromatic nitrogens is 1. The number of likely N-dealkylation sites (tertiary alicyclic amines) is 1. The van der Waals surface area contributed by atoms with Gasteiger partial charge in [-0.2, -0.15) is 0 Å². The highest BCUT2D eigenvalue weighted by Crippen LogP contribution is 2.24. The van der Waals surface area contributed by atoms with E-state index in [1.807, 2.05) is 19.1 Å². The average molecular weight is 276 g/mol. The first-order valence-electron chi connectivity index (χ1n) is 6.86. The molecule has 0 saturated carbocycles. The molecule has 2 atom stereocenters. The van der Waals surface area contributed by atoms with Crippen molar-refractivity contribution in [1.82, 2.24) is 9.88 Å². The molecule has 0 aliphatic carbocycles. The van der Waals surface area contributed by atoms with Gasteiger partial charge in [0.05, 0.1) is 13.0 Å². The van der Waals surface area contributed by atoms with E-state index in [0.717, 1.165) is 5.56 Å². The lowest BCUT2D eigenvalue weighted by molar-refractivity contribution is -0.146. The van der Waals surface area contributed by atoms with Gasteiger partial charge in [0.15, 0.2) is 0 Å². The molecular weight excluding hydrogens is 256 g/mol. The number of hydrogen-bond acceptors (Lipinski definition) is 4. The molecule has 1 fully saturated rings. The van der Waals surface area contributed by atoms with E-state index >= 15 is 0 Å². The van der Waals surface area contributed by atoms with E-state index in [2.05, 4.69) is 4.98 Å². The van der Waals surface area contributed by atoms with Gasteiger partial charge in [-0.15, -0.1) is 0 Å². The highest BCUT2D eigenvalue weighted by Gasteiger charge is 2.37. The molecule has 1 aromatic heterocycles. The van der Waals surface area contributed by atoms with Crippen LogP contribution >= 0.6 is 0 Å². The van der Waals surface area contributed by atoms with Crippen molar-refractivity contribution < 1.29 is 14.3 Å². The fourth-order valence-corrected chi connectivity index (χ4v) is 2.58. The summed E-state index contributed by atoms with van der Waals surface area (Å²) in [5, 5.41) is 0. The Balaban J connectivity index is 1.86. The number of ether oxygens (including phenoxy) is 1. The lowest BCUT2D eigenvalue weighted by Crippen LogP contribution is -2.30. The molecule has 108 valence electrons. The molecule has 2 rings (SSSR count). The summed E-state index contributed by atoms with van der Waals surface area (Å²) in [7, 11) is 1.39. The van der Waals surface area contributed by atoms with Crippen LogP contribution in [0.5, 0.6) is 0 Å². The maximum absolute atomic E-state index is 12.2. The Morgan fingerprint density at radius 3 is 2.90 bits per heavy atom. The van der Waals surface area contributed by atoms with E-state index in [1.54, 1.807) is 17.3 Å². The molecule has 1 aliphatic rings. The van der Waals surface area contributed by atoms with Crippen molar-refractivity contribution in [1.29, 1.82) is 0 Å². The summed E-state index contributed by atoms with van der Waals surface area (Å²) in [4.78, 5) is 29.6. The number of esters is 1.